The molecule has 19 heavy (non-hydrogen) atoms. The summed E-state index contributed by atoms with van der Waals surface area (Å²) < 4.78 is 0. The third kappa shape index (κ3) is 4.96. The van der Waals surface area contributed by atoms with Crippen LogP contribution < -0.4 is 10.2 Å². The monoisotopic (exact) mass is 264 g/mol. The van der Waals surface area contributed by atoms with E-state index in [2.05, 4.69) is 35.7 Å². The first kappa shape index (κ1) is 15.6. The highest BCUT2D eigenvalue weighted by Crippen LogP contribution is 2.11. The van der Waals surface area contributed by atoms with Crippen molar-refractivity contribution in [2.45, 2.75) is 33.4 Å². The van der Waals surface area contributed by atoms with Crippen LogP contribution in [0.15, 0.2) is 18.9 Å². The summed E-state index contributed by atoms with van der Waals surface area (Å²) in [6.45, 7) is 11.9. The maximum absolute atomic E-state index is 9.05. The zero-order valence-corrected chi connectivity index (χ0v) is 12.1. The molecule has 0 aromatic carbocycles. The first-order chi connectivity index (χ1) is 9.08. The minimum Gasteiger partial charge on any atom is -0.395 e. The van der Waals surface area contributed by atoms with Crippen LogP contribution in [0.5, 0.6) is 0 Å². The Kier molecular flexibility index (Phi) is 6.45. The predicted molar refractivity (Wildman–Crippen MR) is 78.2 cm³/mol. The number of aromatic nitrogens is 2. The highest BCUT2D eigenvalue weighted by molar-refractivity contribution is 5.33. The molecule has 1 aromatic heterocycles. The Hall–Kier alpha value is -1.46. The molecule has 1 heterocycles. The van der Waals surface area contributed by atoms with Gasteiger partial charge in [0.2, 0.25) is 5.95 Å². The first-order valence-corrected chi connectivity index (χ1v) is 6.61. The standard InChI is InChI=1S/C14H24N4O/c1-5-6-18(7-8-19)14-16-10-13(12(4)17-14)9-15-11(2)3/h5,10-11,15,19H,1,6-9H2,2-4H3. The van der Waals surface area contributed by atoms with E-state index in [-0.39, 0.29) is 6.61 Å². The fourth-order valence-electron chi connectivity index (χ4n) is 1.67. The number of rotatable bonds is 8. The van der Waals surface area contributed by atoms with E-state index >= 15 is 0 Å². The fourth-order valence-corrected chi connectivity index (χ4v) is 1.67. The van der Waals surface area contributed by atoms with Crippen molar-refractivity contribution in [2.24, 2.45) is 0 Å². The highest BCUT2D eigenvalue weighted by Gasteiger charge is 2.10. The molecule has 1 aromatic rings. The van der Waals surface area contributed by atoms with Crippen molar-refractivity contribution in [2.75, 3.05) is 24.6 Å². The zero-order chi connectivity index (χ0) is 14.3. The van der Waals surface area contributed by atoms with Crippen LogP contribution in [0.25, 0.3) is 0 Å². The van der Waals surface area contributed by atoms with Gasteiger partial charge in [-0.15, -0.1) is 6.58 Å². The summed E-state index contributed by atoms with van der Waals surface area (Å²) >= 11 is 0. The third-order valence-corrected chi connectivity index (χ3v) is 2.77. The number of hydrogen-bond donors (Lipinski definition) is 2. The maximum atomic E-state index is 9.05. The van der Waals surface area contributed by atoms with E-state index in [1.165, 1.54) is 0 Å². The highest BCUT2D eigenvalue weighted by atomic mass is 16.3. The van der Waals surface area contributed by atoms with Gasteiger partial charge >= 0.3 is 0 Å². The number of aliphatic hydroxyl groups is 1. The van der Waals surface area contributed by atoms with E-state index in [0.717, 1.165) is 17.8 Å². The van der Waals surface area contributed by atoms with Gasteiger partial charge in [0.15, 0.2) is 0 Å². The summed E-state index contributed by atoms with van der Waals surface area (Å²) in [6.07, 6.45) is 3.63. The zero-order valence-electron chi connectivity index (χ0n) is 12.1. The molecule has 106 valence electrons. The maximum Gasteiger partial charge on any atom is 0.225 e. The molecular formula is C14H24N4O. The van der Waals surface area contributed by atoms with Crippen molar-refractivity contribution in [3.63, 3.8) is 0 Å². The molecule has 0 saturated carbocycles. The van der Waals surface area contributed by atoms with Gasteiger partial charge in [-0.1, -0.05) is 19.9 Å². The van der Waals surface area contributed by atoms with Gasteiger partial charge in [0.05, 0.1) is 6.61 Å². The van der Waals surface area contributed by atoms with E-state index in [9.17, 15) is 0 Å². The lowest BCUT2D eigenvalue weighted by molar-refractivity contribution is 0.302. The van der Waals surface area contributed by atoms with Crippen LogP contribution in [0, 0.1) is 6.92 Å². The van der Waals surface area contributed by atoms with E-state index in [1.807, 2.05) is 18.0 Å². The number of anilines is 1. The molecule has 0 aliphatic rings. The van der Waals surface area contributed by atoms with Crippen LogP contribution in [0.2, 0.25) is 0 Å². The molecule has 0 aliphatic heterocycles. The molecule has 0 unspecified atom stereocenters. The fraction of sp³-hybridized carbons (Fsp3) is 0.571. The lowest BCUT2D eigenvalue weighted by atomic mass is 10.2. The molecule has 5 nitrogen and oxygen atoms in total. The summed E-state index contributed by atoms with van der Waals surface area (Å²) in [5, 5.41) is 12.4. The van der Waals surface area contributed by atoms with Crippen molar-refractivity contribution in [3.05, 3.63) is 30.1 Å². The van der Waals surface area contributed by atoms with Crippen molar-refractivity contribution < 1.29 is 5.11 Å². The topological polar surface area (TPSA) is 61.3 Å². The van der Waals surface area contributed by atoms with Gasteiger partial charge < -0.3 is 15.3 Å². The van der Waals surface area contributed by atoms with Gasteiger partial charge in [-0.05, 0) is 6.92 Å². The Morgan fingerprint density at radius 1 is 1.53 bits per heavy atom. The summed E-state index contributed by atoms with van der Waals surface area (Å²) in [5.41, 5.74) is 2.06. The number of nitrogens with one attached hydrogen (secondary N) is 1. The Bertz CT molecular complexity index is 406. The molecule has 0 spiro atoms. The second-order valence-electron chi connectivity index (χ2n) is 4.77. The molecule has 1 rings (SSSR count). The normalized spacial score (nSPS) is 10.8. The van der Waals surface area contributed by atoms with Crippen LogP contribution in [0.1, 0.15) is 25.1 Å². The summed E-state index contributed by atoms with van der Waals surface area (Å²) in [5.74, 6) is 0.639. The average molecular weight is 264 g/mol. The third-order valence-electron chi connectivity index (χ3n) is 2.77. The van der Waals surface area contributed by atoms with Gasteiger partial charge in [-0.25, -0.2) is 9.97 Å². The van der Waals surface area contributed by atoms with Gasteiger partial charge in [0.1, 0.15) is 0 Å². The van der Waals surface area contributed by atoms with Gasteiger partial charge in [0.25, 0.3) is 0 Å². The minimum atomic E-state index is 0.0763. The van der Waals surface area contributed by atoms with Crippen molar-refractivity contribution in [3.8, 4) is 0 Å². The Balaban J connectivity index is 2.81. The quantitative estimate of drug-likeness (QED) is 0.692. The van der Waals surface area contributed by atoms with E-state index in [0.29, 0.717) is 25.1 Å². The van der Waals surface area contributed by atoms with Crippen molar-refractivity contribution >= 4 is 5.95 Å². The molecule has 5 heteroatoms. The lowest BCUT2D eigenvalue weighted by Gasteiger charge is -2.20. The van der Waals surface area contributed by atoms with Crippen LogP contribution in [-0.4, -0.2) is 40.8 Å². The summed E-state index contributed by atoms with van der Waals surface area (Å²) in [7, 11) is 0. The molecule has 0 aliphatic carbocycles. The van der Waals surface area contributed by atoms with Gasteiger partial charge in [-0.2, -0.15) is 0 Å². The van der Waals surface area contributed by atoms with Crippen LogP contribution in [-0.2, 0) is 6.54 Å². The number of aliphatic hydroxyl groups excluding tert-OH is 1. The SMILES string of the molecule is C=CCN(CCO)c1ncc(CNC(C)C)c(C)n1. The van der Waals surface area contributed by atoms with Crippen LogP contribution >= 0.6 is 0 Å². The van der Waals surface area contributed by atoms with Crippen molar-refractivity contribution in [1.82, 2.24) is 15.3 Å². The molecule has 0 atom stereocenters. The second kappa shape index (κ2) is 7.86. The molecule has 0 amide bonds. The van der Waals surface area contributed by atoms with Gasteiger partial charge in [-0.3, -0.25) is 0 Å². The van der Waals surface area contributed by atoms with E-state index in [4.69, 9.17) is 5.11 Å². The van der Waals surface area contributed by atoms with E-state index < -0.39 is 0 Å². The molecule has 0 bridgehead atoms. The molecule has 0 fully saturated rings. The molecular weight excluding hydrogens is 240 g/mol. The number of nitrogens with zero attached hydrogens (tertiary/aromatic N) is 3. The Morgan fingerprint density at radius 3 is 2.79 bits per heavy atom. The number of hydrogen-bond acceptors (Lipinski definition) is 5. The first-order valence-electron chi connectivity index (χ1n) is 6.61. The summed E-state index contributed by atoms with van der Waals surface area (Å²) in [4.78, 5) is 10.8. The minimum absolute atomic E-state index is 0.0763. The smallest absolute Gasteiger partial charge is 0.225 e. The number of aryl methyl sites for hydroxylation is 1. The molecule has 0 saturated heterocycles. The Labute approximate surface area is 115 Å². The molecule has 0 radical (unpaired) electrons. The van der Waals surface area contributed by atoms with Crippen LogP contribution in [0.3, 0.4) is 0 Å². The predicted octanol–water partition coefficient (Wildman–Crippen LogP) is 1.27. The second-order valence-corrected chi connectivity index (χ2v) is 4.77. The lowest BCUT2D eigenvalue weighted by Crippen LogP contribution is -2.29. The van der Waals surface area contributed by atoms with Crippen LogP contribution in [0.4, 0.5) is 5.95 Å². The van der Waals surface area contributed by atoms with E-state index in [1.54, 1.807) is 6.08 Å². The average Bonchev–Trinajstić information content (AvgIpc) is 2.37. The van der Waals surface area contributed by atoms with Gasteiger partial charge in [0, 0.05) is 43.1 Å². The summed E-state index contributed by atoms with van der Waals surface area (Å²) in [6, 6.07) is 0.436. The van der Waals surface area contributed by atoms with Crippen molar-refractivity contribution in [1.29, 1.82) is 0 Å². The largest absolute Gasteiger partial charge is 0.395 e. The Morgan fingerprint density at radius 2 is 2.26 bits per heavy atom. The molecule has 2 N–H and O–H groups in total.